The van der Waals surface area contributed by atoms with E-state index in [-0.39, 0.29) is 11.3 Å². The summed E-state index contributed by atoms with van der Waals surface area (Å²) in [4.78, 5) is 22.2. The molecule has 0 N–H and O–H groups in total. The number of para-hydroxylation sites is 1. The number of hydrogen-bond donors (Lipinski definition) is 0. The Morgan fingerprint density at radius 1 is 1.18 bits per heavy atom. The normalized spacial score (nSPS) is 24.2. The van der Waals surface area contributed by atoms with Crippen molar-refractivity contribution in [3.63, 3.8) is 0 Å². The number of hydrogen-bond acceptors (Lipinski definition) is 3. The molecule has 2 aromatic rings. The molecule has 0 bridgehead atoms. The highest BCUT2D eigenvalue weighted by Crippen LogP contribution is 2.60. The Morgan fingerprint density at radius 3 is 2.64 bits per heavy atom. The third-order valence-corrected chi connectivity index (χ3v) is 7.78. The van der Waals surface area contributed by atoms with Crippen LogP contribution >= 0.6 is 11.6 Å². The van der Waals surface area contributed by atoms with Crippen molar-refractivity contribution in [2.45, 2.75) is 45.6 Å². The highest BCUT2D eigenvalue weighted by molar-refractivity contribution is 6.32. The molecule has 3 aliphatic rings. The summed E-state index contributed by atoms with van der Waals surface area (Å²) < 4.78 is 0. The lowest BCUT2D eigenvalue weighted by Gasteiger charge is -2.33. The summed E-state index contributed by atoms with van der Waals surface area (Å²) in [5.74, 6) is 0.721. The molecular formula is C23H28ClN3O. The molecule has 3 heterocycles. The van der Waals surface area contributed by atoms with Gasteiger partial charge in [-0.25, -0.2) is 4.98 Å². The number of amides is 1. The lowest BCUT2D eigenvalue weighted by Crippen LogP contribution is -2.37. The zero-order chi connectivity index (χ0) is 19.3. The van der Waals surface area contributed by atoms with Crippen molar-refractivity contribution in [1.82, 2.24) is 14.8 Å². The molecular weight excluding hydrogens is 370 g/mol. The molecule has 0 radical (unpaired) electrons. The van der Waals surface area contributed by atoms with Crippen LogP contribution in [0.4, 0.5) is 0 Å². The molecule has 3 fully saturated rings. The number of piperidine rings is 1. The Kier molecular flexibility index (Phi) is 4.59. The fourth-order valence-electron chi connectivity index (χ4n) is 5.30. The maximum Gasteiger partial charge on any atom is 0.226 e. The molecule has 2 saturated heterocycles. The van der Waals surface area contributed by atoms with Gasteiger partial charge in [0.05, 0.1) is 16.2 Å². The van der Waals surface area contributed by atoms with Crippen molar-refractivity contribution in [3.05, 3.63) is 40.5 Å². The average Bonchev–Trinajstić information content (AvgIpc) is 3.13. The fourth-order valence-corrected chi connectivity index (χ4v) is 5.50. The number of carbonyl (C=O) groups excluding carboxylic acids is 1. The number of carbonyl (C=O) groups is 1. The number of likely N-dealkylation sites (tertiary alicyclic amines) is 2. The molecule has 2 aliphatic heterocycles. The van der Waals surface area contributed by atoms with E-state index in [9.17, 15) is 4.79 Å². The smallest absolute Gasteiger partial charge is 0.226 e. The van der Waals surface area contributed by atoms with Crippen LogP contribution in [0, 0.1) is 18.3 Å². The summed E-state index contributed by atoms with van der Waals surface area (Å²) in [5, 5.41) is 1.93. The van der Waals surface area contributed by atoms with Gasteiger partial charge in [0.2, 0.25) is 5.91 Å². The minimum Gasteiger partial charge on any atom is -0.342 e. The van der Waals surface area contributed by atoms with E-state index in [1.165, 1.54) is 12.8 Å². The zero-order valence-corrected chi connectivity index (χ0v) is 17.3. The third kappa shape index (κ3) is 3.11. The Balaban J connectivity index is 1.24. The molecule has 28 heavy (non-hydrogen) atoms. The maximum atomic E-state index is 12.7. The second-order valence-electron chi connectivity index (χ2n) is 8.94. The fraction of sp³-hybridized carbons (Fsp3) is 0.565. The number of pyridine rings is 1. The predicted octanol–water partition coefficient (Wildman–Crippen LogP) is 4.42. The molecule has 1 atom stereocenters. The molecule has 1 aromatic heterocycles. The lowest BCUT2D eigenvalue weighted by atomic mass is 9.90. The molecule has 5 heteroatoms. The number of halogens is 1. The van der Waals surface area contributed by atoms with Gasteiger partial charge in [-0.2, -0.15) is 0 Å². The van der Waals surface area contributed by atoms with Gasteiger partial charge in [0.15, 0.2) is 0 Å². The summed E-state index contributed by atoms with van der Waals surface area (Å²) in [7, 11) is 0. The topological polar surface area (TPSA) is 36.4 Å². The Hall–Kier alpha value is -1.65. The van der Waals surface area contributed by atoms with Crippen LogP contribution in [0.1, 0.15) is 43.4 Å². The van der Waals surface area contributed by atoms with Crippen LogP contribution in [0.25, 0.3) is 10.9 Å². The van der Waals surface area contributed by atoms with Gasteiger partial charge < -0.3 is 4.90 Å². The van der Waals surface area contributed by atoms with Crippen molar-refractivity contribution >= 4 is 28.4 Å². The van der Waals surface area contributed by atoms with Crippen LogP contribution < -0.4 is 0 Å². The van der Waals surface area contributed by atoms with E-state index in [0.29, 0.717) is 5.91 Å². The zero-order valence-electron chi connectivity index (χ0n) is 16.6. The minimum absolute atomic E-state index is 0.284. The van der Waals surface area contributed by atoms with Gasteiger partial charge in [-0.1, -0.05) is 29.8 Å². The van der Waals surface area contributed by atoms with Crippen LogP contribution in [0.5, 0.6) is 0 Å². The first-order valence-electron chi connectivity index (χ1n) is 10.6. The first-order valence-corrected chi connectivity index (χ1v) is 11.0. The molecule has 4 nitrogen and oxygen atoms in total. The van der Waals surface area contributed by atoms with Gasteiger partial charge in [0, 0.05) is 30.9 Å². The van der Waals surface area contributed by atoms with Crippen LogP contribution in [-0.4, -0.2) is 46.9 Å². The minimum atomic E-state index is 0.284. The summed E-state index contributed by atoms with van der Waals surface area (Å²) >= 11 is 6.66. The van der Waals surface area contributed by atoms with E-state index >= 15 is 0 Å². The SMILES string of the molecule is Cc1c(Cl)c(CN2CCC3(CC2)CC3C(=O)N2CCCC2)nc2ccccc12. The van der Waals surface area contributed by atoms with Crippen molar-refractivity contribution in [3.8, 4) is 0 Å². The van der Waals surface area contributed by atoms with Gasteiger partial charge in [0.1, 0.15) is 0 Å². The van der Waals surface area contributed by atoms with Crippen molar-refractivity contribution in [1.29, 1.82) is 0 Å². The molecule has 5 rings (SSSR count). The summed E-state index contributed by atoms with van der Waals surface area (Å²) in [6.45, 7) is 6.90. The molecule has 1 aromatic carbocycles. The quantitative estimate of drug-likeness (QED) is 0.769. The Labute approximate surface area is 171 Å². The lowest BCUT2D eigenvalue weighted by molar-refractivity contribution is -0.132. The number of fused-ring (bicyclic) bond motifs is 1. The largest absolute Gasteiger partial charge is 0.342 e. The Morgan fingerprint density at radius 2 is 1.89 bits per heavy atom. The van der Waals surface area contributed by atoms with Crippen LogP contribution in [0.2, 0.25) is 5.02 Å². The predicted molar refractivity (Wildman–Crippen MR) is 112 cm³/mol. The highest BCUT2D eigenvalue weighted by atomic mass is 35.5. The molecule has 1 unspecified atom stereocenters. The first kappa shape index (κ1) is 18.4. The second kappa shape index (κ2) is 7.00. The highest BCUT2D eigenvalue weighted by Gasteiger charge is 2.59. The standard InChI is InChI=1S/C23H28ClN3O/c1-16-17-6-2-3-7-19(17)25-20(21(16)24)15-26-12-8-23(9-13-26)14-18(23)22(28)27-10-4-5-11-27/h2-3,6-7,18H,4-5,8-15H2,1H3. The number of rotatable bonds is 3. The van der Waals surface area contributed by atoms with Crippen LogP contribution in [0.3, 0.4) is 0 Å². The molecule has 1 saturated carbocycles. The number of nitrogens with zero attached hydrogens (tertiary/aromatic N) is 3. The van der Waals surface area contributed by atoms with Crippen LogP contribution in [0.15, 0.2) is 24.3 Å². The van der Waals surface area contributed by atoms with E-state index in [0.717, 1.165) is 79.2 Å². The van der Waals surface area contributed by atoms with Gasteiger partial charge in [-0.3, -0.25) is 9.69 Å². The average molecular weight is 398 g/mol. The molecule has 1 amide bonds. The Bertz CT molecular complexity index is 913. The van der Waals surface area contributed by atoms with Crippen molar-refractivity contribution in [2.24, 2.45) is 11.3 Å². The van der Waals surface area contributed by atoms with Gasteiger partial charge in [-0.05, 0) is 69.2 Å². The van der Waals surface area contributed by atoms with Gasteiger partial charge in [-0.15, -0.1) is 0 Å². The summed E-state index contributed by atoms with van der Waals surface area (Å²) in [5.41, 5.74) is 3.40. The van der Waals surface area contributed by atoms with E-state index in [2.05, 4.69) is 28.9 Å². The number of aromatic nitrogens is 1. The van der Waals surface area contributed by atoms with Crippen molar-refractivity contribution < 1.29 is 4.79 Å². The summed E-state index contributed by atoms with van der Waals surface area (Å²) in [6.07, 6.45) is 5.71. The van der Waals surface area contributed by atoms with Crippen molar-refractivity contribution in [2.75, 3.05) is 26.2 Å². The summed E-state index contributed by atoms with van der Waals surface area (Å²) in [6, 6.07) is 8.21. The van der Waals surface area contributed by atoms with E-state index in [1.807, 2.05) is 12.1 Å². The van der Waals surface area contributed by atoms with Crippen LogP contribution in [-0.2, 0) is 11.3 Å². The molecule has 1 aliphatic carbocycles. The number of benzene rings is 1. The first-order chi connectivity index (χ1) is 13.6. The van der Waals surface area contributed by atoms with E-state index in [1.54, 1.807) is 0 Å². The second-order valence-corrected chi connectivity index (χ2v) is 9.32. The number of aryl methyl sites for hydroxylation is 1. The van der Waals surface area contributed by atoms with Gasteiger partial charge in [0.25, 0.3) is 0 Å². The molecule has 1 spiro atoms. The van der Waals surface area contributed by atoms with Gasteiger partial charge >= 0.3 is 0 Å². The monoisotopic (exact) mass is 397 g/mol. The third-order valence-electron chi connectivity index (χ3n) is 7.28. The van der Waals surface area contributed by atoms with E-state index < -0.39 is 0 Å². The maximum absolute atomic E-state index is 12.7. The van der Waals surface area contributed by atoms with E-state index in [4.69, 9.17) is 16.6 Å². The molecule has 148 valence electrons.